The Balaban J connectivity index is 2.93. The van der Waals surface area contributed by atoms with Gasteiger partial charge in [0.2, 0.25) is 0 Å². The quantitative estimate of drug-likeness (QED) is 0.719. The molecule has 0 bridgehead atoms. The van der Waals surface area contributed by atoms with E-state index in [1.54, 1.807) is 6.92 Å². The highest BCUT2D eigenvalue weighted by Crippen LogP contribution is 2.44. The second-order valence-electron chi connectivity index (χ2n) is 7.14. The molecule has 0 amide bonds. The highest BCUT2D eigenvalue weighted by atomic mass is 19.4. The zero-order valence-electron chi connectivity index (χ0n) is 14.5. The van der Waals surface area contributed by atoms with Gasteiger partial charge in [0.1, 0.15) is 6.10 Å². The number of carbonyl (C=O) groups excluding carboxylic acids is 1. The molecule has 0 saturated heterocycles. The number of ether oxygens (including phenoxy) is 1. The summed E-state index contributed by atoms with van der Waals surface area (Å²) in [5, 5.41) is 10.0. The molecule has 0 aromatic heterocycles. The summed E-state index contributed by atoms with van der Waals surface area (Å²) in [4.78, 5) is 12.5. The Morgan fingerprint density at radius 2 is 1.74 bits per heavy atom. The zero-order valence-corrected chi connectivity index (χ0v) is 14.5. The Morgan fingerprint density at radius 1 is 1.17 bits per heavy atom. The molecule has 1 fully saturated rings. The molecule has 0 heterocycles. The highest BCUT2D eigenvalue weighted by molar-refractivity contribution is 5.76. The van der Waals surface area contributed by atoms with Crippen molar-refractivity contribution < 1.29 is 27.8 Å². The lowest BCUT2D eigenvalue weighted by Crippen LogP contribution is -2.55. The fourth-order valence-electron chi connectivity index (χ4n) is 3.35. The lowest BCUT2D eigenvalue weighted by Gasteiger charge is -2.42. The van der Waals surface area contributed by atoms with Crippen molar-refractivity contribution in [3.63, 3.8) is 0 Å². The number of hydrogen-bond donors (Lipinski definition) is 1. The Labute approximate surface area is 136 Å². The normalized spacial score (nSPS) is 27.8. The number of carbonyl (C=O) groups is 1. The van der Waals surface area contributed by atoms with E-state index in [4.69, 9.17) is 4.74 Å². The fourth-order valence-corrected chi connectivity index (χ4v) is 3.35. The third-order valence-corrected chi connectivity index (χ3v) is 5.33. The van der Waals surface area contributed by atoms with Crippen molar-refractivity contribution in [2.75, 3.05) is 0 Å². The molecule has 1 aliphatic carbocycles. The molecule has 4 atom stereocenters. The Hall–Kier alpha value is -0.780. The van der Waals surface area contributed by atoms with Gasteiger partial charge in [-0.3, -0.25) is 4.79 Å². The van der Waals surface area contributed by atoms with Crippen LogP contribution in [0, 0.1) is 11.3 Å². The second-order valence-corrected chi connectivity index (χ2v) is 7.14. The van der Waals surface area contributed by atoms with Gasteiger partial charge in [-0.05, 0) is 46.0 Å². The first-order valence-electron chi connectivity index (χ1n) is 8.49. The van der Waals surface area contributed by atoms with E-state index in [2.05, 4.69) is 0 Å². The summed E-state index contributed by atoms with van der Waals surface area (Å²) in [6, 6.07) is 0. The first-order chi connectivity index (χ1) is 10.5. The van der Waals surface area contributed by atoms with Crippen molar-refractivity contribution in [2.45, 2.75) is 90.5 Å². The molecule has 1 rings (SSSR count). The number of esters is 1. The molecular formula is C17H29F3O3. The van der Waals surface area contributed by atoms with E-state index in [1.807, 2.05) is 13.8 Å². The van der Waals surface area contributed by atoms with Gasteiger partial charge in [0.25, 0.3) is 0 Å². The molecular weight excluding hydrogens is 309 g/mol. The third-order valence-electron chi connectivity index (χ3n) is 5.33. The summed E-state index contributed by atoms with van der Waals surface area (Å²) in [6.07, 6.45) is -1.72. The van der Waals surface area contributed by atoms with Crippen LogP contribution in [0.5, 0.6) is 0 Å². The molecule has 23 heavy (non-hydrogen) atoms. The van der Waals surface area contributed by atoms with Crippen molar-refractivity contribution in [3.05, 3.63) is 0 Å². The molecule has 0 aromatic carbocycles. The molecule has 6 heteroatoms. The molecule has 1 N–H and O–H groups in total. The van der Waals surface area contributed by atoms with Gasteiger partial charge in [-0.1, -0.05) is 26.7 Å². The van der Waals surface area contributed by atoms with Crippen LogP contribution in [-0.2, 0) is 9.53 Å². The molecule has 1 saturated carbocycles. The lowest BCUT2D eigenvalue weighted by molar-refractivity contribution is -0.286. The molecule has 3 nitrogen and oxygen atoms in total. The van der Waals surface area contributed by atoms with E-state index in [9.17, 15) is 23.1 Å². The van der Waals surface area contributed by atoms with Gasteiger partial charge in [0, 0.05) is 5.92 Å². The van der Waals surface area contributed by atoms with Crippen molar-refractivity contribution >= 4 is 5.97 Å². The number of aliphatic hydroxyl groups is 1. The van der Waals surface area contributed by atoms with Gasteiger partial charge in [0.15, 0.2) is 5.60 Å². The van der Waals surface area contributed by atoms with E-state index in [0.717, 1.165) is 13.3 Å². The monoisotopic (exact) mass is 338 g/mol. The predicted octanol–water partition coefficient (Wildman–Crippen LogP) is 4.62. The van der Waals surface area contributed by atoms with Crippen LogP contribution in [0.4, 0.5) is 13.2 Å². The molecule has 0 radical (unpaired) electrons. The number of hydrogen-bond acceptors (Lipinski definition) is 3. The second kappa shape index (κ2) is 7.41. The summed E-state index contributed by atoms with van der Waals surface area (Å²) in [5.41, 5.74) is -3.52. The maximum Gasteiger partial charge on any atom is 0.417 e. The smallest absolute Gasteiger partial charge is 0.417 e. The summed E-state index contributed by atoms with van der Waals surface area (Å²) < 4.78 is 45.0. The maximum atomic E-state index is 13.2. The zero-order chi connectivity index (χ0) is 17.9. The van der Waals surface area contributed by atoms with Crippen LogP contribution in [0.15, 0.2) is 0 Å². The summed E-state index contributed by atoms with van der Waals surface area (Å²) >= 11 is 0. The minimum atomic E-state index is -4.74. The van der Waals surface area contributed by atoms with E-state index < -0.39 is 35.2 Å². The molecule has 0 aliphatic heterocycles. The molecule has 0 spiro atoms. The van der Waals surface area contributed by atoms with Crippen LogP contribution in [0.1, 0.15) is 72.6 Å². The van der Waals surface area contributed by atoms with Gasteiger partial charge in [-0.15, -0.1) is 0 Å². The minimum Gasteiger partial charge on any atom is -0.462 e. The largest absolute Gasteiger partial charge is 0.462 e. The first-order valence-corrected chi connectivity index (χ1v) is 8.49. The van der Waals surface area contributed by atoms with Crippen LogP contribution in [0.25, 0.3) is 0 Å². The molecule has 1 aliphatic rings. The van der Waals surface area contributed by atoms with Gasteiger partial charge < -0.3 is 9.84 Å². The SMILES string of the molecule is CCCC(C)(CC)C(=O)OC1CCCCC1C(C)(O)C(F)(F)F. The fraction of sp³-hybridized carbons (Fsp3) is 0.941. The summed E-state index contributed by atoms with van der Waals surface area (Å²) in [7, 11) is 0. The Kier molecular flexibility index (Phi) is 6.53. The first kappa shape index (κ1) is 20.3. The van der Waals surface area contributed by atoms with Gasteiger partial charge in [-0.25, -0.2) is 0 Å². The van der Waals surface area contributed by atoms with Crippen LogP contribution < -0.4 is 0 Å². The van der Waals surface area contributed by atoms with Crippen LogP contribution in [0.3, 0.4) is 0 Å². The van der Waals surface area contributed by atoms with Crippen molar-refractivity contribution in [1.29, 1.82) is 0 Å². The van der Waals surface area contributed by atoms with E-state index in [1.165, 1.54) is 0 Å². The lowest BCUT2D eigenvalue weighted by atomic mass is 9.75. The third kappa shape index (κ3) is 4.40. The standard InChI is InChI=1S/C17H29F3O3/c1-5-11-15(3,6-2)14(21)23-13-10-8-7-9-12(13)16(4,22)17(18,19)20/h12-13,22H,5-11H2,1-4H3. The van der Waals surface area contributed by atoms with E-state index in [0.29, 0.717) is 32.1 Å². The van der Waals surface area contributed by atoms with Crippen LogP contribution in [0.2, 0.25) is 0 Å². The van der Waals surface area contributed by atoms with Crippen LogP contribution >= 0.6 is 0 Å². The average Bonchev–Trinajstić information content (AvgIpc) is 2.46. The van der Waals surface area contributed by atoms with Gasteiger partial charge in [-0.2, -0.15) is 13.2 Å². The maximum absolute atomic E-state index is 13.2. The summed E-state index contributed by atoms with van der Waals surface area (Å²) in [6.45, 7) is 6.41. The van der Waals surface area contributed by atoms with Crippen LogP contribution in [-0.4, -0.2) is 29.0 Å². The predicted molar refractivity (Wildman–Crippen MR) is 81.8 cm³/mol. The van der Waals surface area contributed by atoms with E-state index in [-0.39, 0.29) is 6.42 Å². The van der Waals surface area contributed by atoms with Crippen molar-refractivity contribution in [3.8, 4) is 0 Å². The van der Waals surface area contributed by atoms with Crippen molar-refractivity contribution in [2.24, 2.45) is 11.3 Å². The minimum absolute atomic E-state index is 0.209. The topological polar surface area (TPSA) is 46.5 Å². The van der Waals surface area contributed by atoms with Gasteiger partial charge >= 0.3 is 12.1 Å². The highest BCUT2D eigenvalue weighted by Gasteiger charge is 2.58. The Morgan fingerprint density at radius 3 is 2.22 bits per heavy atom. The number of halogens is 3. The average molecular weight is 338 g/mol. The van der Waals surface area contributed by atoms with E-state index >= 15 is 0 Å². The molecule has 0 aromatic rings. The number of alkyl halides is 3. The number of rotatable bonds is 6. The molecule has 136 valence electrons. The molecule has 4 unspecified atom stereocenters. The Bertz CT molecular complexity index is 406. The van der Waals surface area contributed by atoms with Gasteiger partial charge in [0.05, 0.1) is 5.41 Å². The summed E-state index contributed by atoms with van der Waals surface area (Å²) in [5.74, 6) is -1.56. The van der Waals surface area contributed by atoms with Crippen molar-refractivity contribution in [1.82, 2.24) is 0 Å².